The summed E-state index contributed by atoms with van der Waals surface area (Å²) in [5.41, 5.74) is 0.340. The molecule has 0 bridgehead atoms. The predicted octanol–water partition coefficient (Wildman–Crippen LogP) is 2.13. The van der Waals surface area contributed by atoms with Crippen molar-refractivity contribution >= 4 is 37.2 Å². The molecule has 0 saturated heterocycles. The van der Waals surface area contributed by atoms with Gasteiger partial charge in [-0.05, 0) is 20.8 Å². The van der Waals surface area contributed by atoms with E-state index < -0.39 is 22.3 Å². The van der Waals surface area contributed by atoms with Gasteiger partial charge in [-0.2, -0.15) is 12.6 Å². The smallest absolute Gasteiger partial charge is 0.337 e. The summed E-state index contributed by atoms with van der Waals surface area (Å²) in [7, 11) is 0. The first-order valence-electron chi connectivity index (χ1n) is 4.78. The molecular weight excluding hydrogens is 260 g/mol. The molecule has 0 radical (unpaired) electrons. The molecule has 0 saturated carbocycles. The summed E-state index contributed by atoms with van der Waals surface area (Å²) in [6.45, 7) is 11.4. The standard InChI is InChI=1S/C11H16O4S2/c1-6(2)9(12)14-11(17,8(5)16)15-10(13)7(3)4/h8,16-17H,1,3H2,2,4-5H3. The Morgan fingerprint density at radius 3 is 1.59 bits per heavy atom. The zero-order valence-corrected chi connectivity index (χ0v) is 11.8. The second kappa shape index (κ2) is 6.16. The molecule has 1 unspecified atom stereocenters. The van der Waals surface area contributed by atoms with Crippen molar-refractivity contribution in [2.75, 3.05) is 0 Å². The highest BCUT2D eigenvalue weighted by Gasteiger charge is 2.39. The van der Waals surface area contributed by atoms with Crippen molar-refractivity contribution in [1.29, 1.82) is 0 Å². The van der Waals surface area contributed by atoms with E-state index in [-0.39, 0.29) is 11.1 Å². The van der Waals surface area contributed by atoms with Crippen LogP contribution in [0.4, 0.5) is 0 Å². The Labute approximate surface area is 112 Å². The lowest BCUT2D eigenvalue weighted by atomic mass is 10.3. The van der Waals surface area contributed by atoms with Gasteiger partial charge in [0.15, 0.2) is 0 Å². The number of carbonyl (C=O) groups is 2. The summed E-state index contributed by atoms with van der Waals surface area (Å²) in [6.07, 6.45) is 0. The van der Waals surface area contributed by atoms with E-state index in [1.54, 1.807) is 6.92 Å². The molecule has 0 aliphatic rings. The Bertz CT molecular complexity index is 332. The van der Waals surface area contributed by atoms with Gasteiger partial charge in [-0.25, -0.2) is 9.59 Å². The highest BCUT2D eigenvalue weighted by Crippen LogP contribution is 2.28. The first kappa shape index (κ1) is 16.1. The lowest BCUT2D eigenvalue weighted by Crippen LogP contribution is -2.42. The highest BCUT2D eigenvalue weighted by molar-refractivity contribution is 7.85. The van der Waals surface area contributed by atoms with E-state index in [4.69, 9.17) is 9.47 Å². The quantitative estimate of drug-likeness (QED) is 0.349. The molecule has 0 aliphatic heterocycles. The number of rotatable bonds is 5. The minimum Gasteiger partial charge on any atom is -0.408 e. The minimum atomic E-state index is -1.75. The van der Waals surface area contributed by atoms with Crippen LogP contribution in [0.5, 0.6) is 0 Å². The molecule has 6 heteroatoms. The fraction of sp³-hybridized carbons (Fsp3) is 0.455. The van der Waals surface area contributed by atoms with E-state index in [0.717, 1.165) is 0 Å². The van der Waals surface area contributed by atoms with Crippen molar-refractivity contribution in [2.45, 2.75) is 31.1 Å². The van der Waals surface area contributed by atoms with Gasteiger partial charge in [0.05, 0.1) is 5.25 Å². The van der Waals surface area contributed by atoms with E-state index in [1.807, 2.05) is 0 Å². The van der Waals surface area contributed by atoms with Crippen LogP contribution in [-0.4, -0.2) is 22.3 Å². The normalized spacial score (nSPS) is 12.5. The SMILES string of the molecule is C=C(C)C(=O)OC(S)(OC(=O)C(=C)C)C(C)S. The number of thiol groups is 2. The number of ether oxygens (including phenoxy) is 2. The second-order valence-corrected chi connectivity index (χ2v) is 5.04. The zero-order valence-electron chi connectivity index (χ0n) is 10.0. The third-order valence-corrected chi connectivity index (χ3v) is 2.82. The molecule has 0 aromatic rings. The summed E-state index contributed by atoms with van der Waals surface area (Å²) >= 11 is 8.11. The van der Waals surface area contributed by atoms with Crippen molar-refractivity contribution in [3.05, 3.63) is 24.3 Å². The molecule has 4 nitrogen and oxygen atoms in total. The Morgan fingerprint density at radius 2 is 1.41 bits per heavy atom. The van der Waals surface area contributed by atoms with Gasteiger partial charge in [-0.1, -0.05) is 25.8 Å². The number of esters is 2. The molecule has 0 amide bonds. The van der Waals surface area contributed by atoms with Gasteiger partial charge < -0.3 is 9.47 Å². The van der Waals surface area contributed by atoms with E-state index in [9.17, 15) is 9.59 Å². The summed E-state index contributed by atoms with van der Waals surface area (Å²) in [4.78, 5) is 22.8. The van der Waals surface area contributed by atoms with Gasteiger partial charge in [0, 0.05) is 11.1 Å². The van der Waals surface area contributed by atoms with Crippen molar-refractivity contribution in [3.63, 3.8) is 0 Å². The van der Waals surface area contributed by atoms with Crippen molar-refractivity contribution in [2.24, 2.45) is 0 Å². The van der Waals surface area contributed by atoms with Gasteiger partial charge in [0.1, 0.15) is 0 Å². The van der Waals surface area contributed by atoms with E-state index in [1.165, 1.54) is 13.8 Å². The maximum atomic E-state index is 11.4. The lowest BCUT2D eigenvalue weighted by Gasteiger charge is -2.30. The van der Waals surface area contributed by atoms with Gasteiger partial charge in [0.2, 0.25) is 0 Å². The molecule has 17 heavy (non-hydrogen) atoms. The third-order valence-electron chi connectivity index (χ3n) is 1.70. The Kier molecular flexibility index (Phi) is 5.84. The lowest BCUT2D eigenvalue weighted by molar-refractivity contribution is -0.190. The fourth-order valence-corrected chi connectivity index (χ4v) is 0.902. The first-order chi connectivity index (χ1) is 7.60. The van der Waals surface area contributed by atoms with E-state index in [0.29, 0.717) is 0 Å². The molecule has 0 rings (SSSR count). The summed E-state index contributed by atoms with van der Waals surface area (Å²) in [6, 6.07) is 0. The molecule has 0 fully saturated rings. The van der Waals surface area contributed by atoms with Crippen LogP contribution in [0.1, 0.15) is 20.8 Å². The van der Waals surface area contributed by atoms with Gasteiger partial charge in [-0.3, -0.25) is 0 Å². The minimum absolute atomic E-state index is 0.170. The Balaban J connectivity index is 4.92. The van der Waals surface area contributed by atoms with Crippen LogP contribution >= 0.6 is 25.3 Å². The number of carbonyl (C=O) groups excluding carboxylic acids is 2. The molecule has 0 aliphatic carbocycles. The molecule has 96 valence electrons. The summed E-state index contributed by atoms with van der Waals surface area (Å²) < 4.78 is 9.89. The molecule has 0 spiro atoms. The van der Waals surface area contributed by atoms with Crippen LogP contribution in [0.2, 0.25) is 0 Å². The molecule has 0 aromatic heterocycles. The monoisotopic (exact) mass is 276 g/mol. The highest BCUT2D eigenvalue weighted by atomic mass is 32.1. The molecule has 0 aromatic carbocycles. The molecule has 0 N–H and O–H groups in total. The number of hydrogen-bond donors (Lipinski definition) is 2. The average Bonchev–Trinajstić information content (AvgIpc) is 2.16. The summed E-state index contributed by atoms with van der Waals surface area (Å²) in [5, 5.41) is -2.38. The van der Waals surface area contributed by atoms with Crippen molar-refractivity contribution in [3.8, 4) is 0 Å². The molecule has 1 atom stereocenters. The van der Waals surface area contributed by atoms with Gasteiger partial charge >= 0.3 is 17.1 Å². The maximum Gasteiger partial charge on any atom is 0.337 e. The fourth-order valence-electron chi connectivity index (χ4n) is 0.631. The molecule has 0 heterocycles. The third kappa shape index (κ3) is 4.87. The largest absolute Gasteiger partial charge is 0.408 e. The van der Waals surface area contributed by atoms with Crippen LogP contribution in [-0.2, 0) is 19.1 Å². The van der Waals surface area contributed by atoms with Crippen molar-refractivity contribution in [1.82, 2.24) is 0 Å². The topological polar surface area (TPSA) is 52.6 Å². The van der Waals surface area contributed by atoms with Crippen LogP contribution < -0.4 is 0 Å². The second-order valence-electron chi connectivity index (χ2n) is 3.65. The van der Waals surface area contributed by atoms with Crippen LogP contribution in [0.3, 0.4) is 0 Å². The Morgan fingerprint density at radius 1 is 1.12 bits per heavy atom. The first-order valence-corrected chi connectivity index (χ1v) is 5.74. The van der Waals surface area contributed by atoms with E-state index >= 15 is 0 Å². The number of hydrogen-bond acceptors (Lipinski definition) is 6. The average molecular weight is 276 g/mol. The van der Waals surface area contributed by atoms with Gasteiger partial charge in [-0.15, -0.1) is 0 Å². The van der Waals surface area contributed by atoms with Crippen LogP contribution in [0.15, 0.2) is 24.3 Å². The van der Waals surface area contributed by atoms with Crippen molar-refractivity contribution < 1.29 is 19.1 Å². The summed E-state index contributed by atoms with van der Waals surface area (Å²) in [5.74, 6) is -1.43. The predicted molar refractivity (Wildman–Crippen MR) is 72.0 cm³/mol. The molecular formula is C11H16O4S2. The van der Waals surface area contributed by atoms with Gasteiger partial charge in [0.25, 0.3) is 0 Å². The Hall–Kier alpha value is -0.880. The van der Waals surface area contributed by atoms with Crippen LogP contribution in [0, 0.1) is 0 Å². The zero-order chi connectivity index (χ0) is 13.8. The maximum absolute atomic E-state index is 11.4. The van der Waals surface area contributed by atoms with E-state index in [2.05, 4.69) is 38.4 Å². The van der Waals surface area contributed by atoms with Crippen LogP contribution in [0.25, 0.3) is 0 Å².